The highest BCUT2D eigenvalue weighted by Gasteiger charge is 2.34. The third-order valence-electron chi connectivity index (χ3n) is 8.32. The second-order valence-corrected chi connectivity index (χ2v) is 11.0. The summed E-state index contributed by atoms with van der Waals surface area (Å²) < 4.78 is 7.43. The number of methoxy groups -OCH3 is 1. The molecule has 204 valence electrons. The van der Waals surface area contributed by atoms with Gasteiger partial charge in [0.25, 0.3) is 5.56 Å². The van der Waals surface area contributed by atoms with Gasteiger partial charge in [-0.3, -0.25) is 14.6 Å². The maximum absolute atomic E-state index is 13.6. The number of nitrogens with one attached hydrogen (secondary N) is 1. The molecule has 0 radical (unpaired) electrons. The molecule has 9 nitrogen and oxygen atoms in total. The third kappa shape index (κ3) is 5.46. The van der Waals surface area contributed by atoms with Gasteiger partial charge in [0.2, 0.25) is 0 Å². The van der Waals surface area contributed by atoms with Gasteiger partial charge in [-0.25, -0.2) is 4.68 Å². The lowest BCUT2D eigenvalue weighted by atomic mass is 9.95. The van der Waals surface area contributed by atoms with Gasteiger partial charge in [0.15, 0.2) is 5.82 Å². The van der Waals surface area contributed by atoms with E-state index in [9.17, 15) is 4.79 Å². The normalized spacial score (nSPS) is 18.4. The van der Waals surface area contributed by atoms with E-state index in [1.807, 2.05) is 35.0 Å². The van der Waals surface area contributed by atoms with Gasteiger partial charge in [-0.1, -0.05) is 43.0 Å². The summed E-state index contributed by atoms with van der Waals surface area (Å²) in [5.74, 6) is 1.66. The molecule has 0 bridgehead atoms. The Balaban J connectivity index is 1.32. The van der Waals surface area contributed by atoms with E-state index in [0.717, 1.165) is 73.6 Å². The Morgan fingerprint density at radius 3 is 2.64 bits per heavy atom. The number of hydrogen-bond acceptors (Lipinski definition) is 7. The first kappa shape index (κ1) is 25.7. The third-order valence-corrected chi connectivity index (χ3v) is 8.32. The lowest BCUT2D eigenvalue weighted by Gasteiger charge is -2.39. The van der Waals surface area contributed by atoms with Crippen molar-refractivity contribution in [3.8, 4) is 5.75 Å². The van der Waals surface area contributed by atoms with Gasteiger partial charge in [-0.05, 0) is 71.5 Å². The number of ether oxygens (including phenoxy) is 1. The number of nitrogens with zero attached hydrogens (tertiary/aromatic N) is 6. The lowest BCUT2D eigenvalue weighted by molar-refractivity contribution is 0.0982. The van der Waals surface area contributed by atoms with Crippen LogP contribution >= 0.6 is 0 Å². The Morgan fingerprint density at radius 1 is 1.03 bits per heavy atom. The molecule has 1 saturated carbocycles. The van der Waals surface area contributed by atoms with E-state index in [1.165, 1.54) is 24.8 Å². The zero-order valence-electron chi connectivity index (χ0n) is 22.8. The van der Waals surface area contributed by atoms with Crippen molar-refractivity contribution >= 4 is 10.9 Å². The number of H-pyrrole nitrogens is 1. The monoisotopic (exact) mass is 527 g/mol. The summed E-state index contributed by atoms with van der Waals surface area (Å²) in [6.45, 7) is 6.36. The quantitative estimate of drug-likeness (QED) is 0.384. The van der Waals surface area contributed by atoms with Crippen LogP contribution in [0.2, 0.25) is 0 Å². The Kier molecular flexibility index (Phi) is 7.43. The molecule has 0 spiro atoms. The summed E-state index contributed by atoms with van der Waals surface area (Å²) in [5, 5.41) is 14.2. The van der Waals surface area contributed by atoms with Crippen molar-refractivity contribution in [2.45, 2.75) is 57.7 Å². The Morgan fingerprint density at radius 2 is 1.85 bits per heavy atom. The number of hydrogen-bond donors (Lipinski definition) is 1. The molecule has 0 unspecified atom stereocenters. The van der Waals surface area contributed by atoms with Gasteiger partial charge in [0.1, 0.15) is 11.8 Å². The van der Waals surface area contributed by atoms with Crippen molar-refractivity contribution in [1.29, 1.82) is 0 Å². The Hall–Kier alpha value is -3.56. The second kappa shape index (κ2) is 11.3. The second-order valence-electron chi connectivity index (χ2n) is 11.0. The number of aromatic nitrogens is 5. The minimum atomic E-state index is -0.311. The smallest absolute Gasteiger partial charge is 0.253 e. The van der Waals surface area contributed by atoms with Gasteiger partial charge in [0.05, 0.1) is 13.2 Å². The van der Waals surface area contributed by atoms with E-state index >= 15 is 0 Å². The van der Waals surface area contributed by atoms with Crippen molar-refractivity contribution < 1.29 is 4.74 Å². The summed E-state index contributed by atoms with van der Waals surface area (Å²) in [4.78, 5) is 21.6. The molecular weight excluding hydrogens is 490 g/mol. The van der Waals surface area contributed by atoms with Crippen LogP contribution in [0.25, 0.3) is 10.9 Å². The zero-order chi connectivity index (χ0) is 26.8. The minimum Gasteiger partial charge on any atom is -0.497 e. The topological polar surface area (TPSA) is 92.2 Å². The summed E-state index contributed by atoms with van der Waals surface area (Å²) in [6.07, 6.45) is 5.79. The van der Waals surface area contributed by atoms with Crippen molar-refractivity contribution in [2.75, 3.05) is 33.3 Å². The van der Waals surface area contributed by atoms with Gasteiger partial charge < -0.3 is 9.72 Å². The number of rotatable bonds is 7. The average molecular weight is 528 g/mol. The van der Waals surface area contributed by atoms with Crippen LogP contribution in [0.3, 0.4) is 0 Å². The van der Waals surface area contributed by atoms with E-state index < -0.39 is 0 Å². The average Bonchev–Trinajstić information content (AvgIpc) is 3.45. The zero-order valence-corrected chi connectivity index (χ0v) is 22.8. The van der Waals surface area contributed by atoms with Crippen LogP contribution in [-0.4, -0.2) is 68.3 Å². The fraction of sp³-hybridized carbons (Fsp3) is 0.467. The molecule has 2 aromatic heterocycles. The number of aryl methyl sites for hydroxylation is 1. The number of fused-ring (bicyclic) bond motifs is 1. The summed E-state index contributed by atoms with van der Waals surface area (Å²) >= 11 is 0. The largest absolute Gasteiger partial charge is 0.497 e. The van der Waals surface area contributed by atoms with Gasteiger partial charge >= 0.3 is 0 Å². The molecule has 4 aromatic rings. The predicted octanol–water partition coefficient (Wildman–Crippen LogP) is 4.24. The summed E-state index contributed by atoms with van der Waals surface area (Å²) in [7, 11) is 1.70. The van der Waals surface area contributed by atoms with E-state index in [1.54, 1.807) is 7.11 Å². The Bertz CT molecular complexity index is 1480. The number of pyridine rings is 1. The standard InChI is InChI=1S/C30H37N7O2/c1-21-11-12-27-23(17-21)19-26(30(38)31-27)28(29-32-33-34-37(29)24-8-4-3-5-9-24)36-15-13-35(14-16-36)20-22-7-6-10-25(18-22)39-2/h6-7,10-12,17-19,24,28H,3-5,8-9,13-16,20H2,1-2H3,(H,31,38)/t28-/m1/s1. The van der Waals surface area contributed by atoms with E-state index in [-0.39, 0.29) is 17.6 Å². The predicted molar refractivity (Wildman–Crippen MR) is 151 cm³/mol. The van der Waals surface area contributed by atoms with Crippen LogP contribution in [-0.2, 0) is 6.54 Å². The molecular formula is C30H37N7O2. The molecule has 0 amide bonds. The highest BCUT2D eigenvalue weighted by atomic mass is 16.5. The molecule has 1 saturated heterocycles. The van der Waals surface area contributed by atoms with E-state index in [4.69, 9.17) is 4.74 Å². The van der Waals surface area contributed by atoms with Crippen LogP contribution in [0, 0.1) is 6.92 Å². The molecule has 1 N–H and O–H groups in total. The number of tetrazole rings is 1. The first-order valence-electron chi connectivity index (χ1n) is 14.1. The maximum Gasteiger partial charge on any atom is 0.253 e. The highest BCUT2D eigenvalue weighted by molar-refractivity contribution is 5.79. The number of piperazine rings is 1. The number of aromatic amines is 1. The maximum atomic E-state index is 13.6. The minimum absolute atomic E-state index is 0.0756. The molecule has 1 aliphatic carbocycles. The molecule has 9 heteroatoms. The van der Waals surface area contributed by atoms with Gasteiger partial charge in [-0.2, -0.15) is 0 Å². The van der Waals surface area contributed by atoms with Gasteiger partial charge in [0, 0.05) is 43.8 Å². The lowest BCUT2D eigenvalue weighted by Crippen LogP contribution is -2.48. The molecule has 1 atom stereocenters. The van der Waals surface area contributed by atoms with E-state index in [2.05, 4.69) is 55.4 Å². The fourth-order valence-corrected chi connectivity index (χ4v) is 6.22. The van der Waals surface area contributed by atoms with Gasteiger partial charge in [-0.15, -0.1) is 5.10 Å². The van der Waals surface area contributed by atoms with Crippen LogP contribution < -0.4 is 10.3 Å². The fourth-order valence-electron chi connectivity index (χ4n) is 6.22. The van der Waals surface area contributed by atoms with Crippen LogP contribution in [0.1, 0.15) is 66.7 Å². The van der Waals surface area contributed by atoms with Crippen molar-refractivity contribution in [1.82, 2.24) is 35.0 Å². The summed E-state index contributed by atoms with van der Waals surface area (Å²) in [5.41, 5.74) is 3.88. The van der Waals surface area contributed by atoms with Crippen molar-refractivity contribution in [2.24, 2.45) is 0 Å². The molecule has 3 heterocycles. The van der Waals surface area contributed by atoms with Crippen LogP contribution in [0.4, 0.5) is 0 Å². The van der Waals surface area contributed by atoms with Crippen LogP contribution in [0.15, 0.2) is 53.3 Å². The highest BCUT2D eigenvalue weighted by Crippen LogP contribution is 2.33. The molecule has 6 rings (SSSR count). The van der Waals surface area contributed by atoms with Crippen LogP contribution in [0.5, 0.6) is 5.75 Å². The molecule has 2 aliphatic rings. The SMILES string of the molecule is COc1cccc(CN2CCN([C@H](c3cc4cc(C)ccc4[nH]c3=O)c3nnnn3C3CCCCC3)CC2)c1. The summed E-state index contributed by atoms with van der Waals surface area (Å²) in [6, 6.07) is 16.4. The number of benzene rings is 2. The van der Waals surface area contributed by atoms with Crippen molar-refractivity contribution in [3.63, 3.8) is 0 Å². The first-order valence-corrected chi connectivity index (χ1v) is 14.1. The van der Waals surface area contributed by atoms with Crippen molar-refractivity contribution in [3.05, 3.63) is 81.4 Å². The first-order chi connectivity index (χ1) is 19.1. The Labute approximate surface area is 228 Å². The molecule has 39 heavy (non-hydrogen) atoms. The van der Waals surface area contributed by atoms with E-state index in [0.29, 0.717) is 5.56 Å². The molecule has 2 aromatic carbocycles. The molecule has 2 fully saturated rings. The molecule has 1 aliphatic heterocycles.